The van der Waals surface area contributed by atoms with Gasteiger partial charge in [0.25, 0.3) is 5.91 Å². The summed E-state index contributed by atoms with van der Waals surface area (Å²) < 4.78 is 0. The molecule has 1 aliphatic heterocycles. The molecule has 1 atom stereocenters. The minimum Gasteiger partial charge on any atom is -0.342 e. The molecule has 1 heterocycles. The van der Waals surface area contributed by atoms with Gasteiger partial charge in [0.1, 0.15) is 6.04 Å². The van der Waals surface area contributed by atoms with Crippen molar-refractivity contribution in [2.45, 2.75) is 45.6 Å². The van der Waals surface area contributed by atoms with Crippen LogP contribution in [0.2, 0.25) is 0 Å². The van der Waals surface area contributed by atoms with Crippen molar-refractivity contribution in [3.63, 3.8) is 0 Å². The van der Waals surface area contributed by atoms with Gasteiger partial charge in [0.05, 0.1) is 0 Å². The van der Waals surface area contributed by atoms with Crippen molar-refractivity contribution in [1.82, 2.24) is 15.1 Å². The number of carbonyl (C=O) groups excluding carboxylic acids is 3. The zero-order valence-corrected chi connectivity index (χ0v) is 16.9. The maximum atomic E-state index is 13.1. The number of hydrogen-bond donors (Lipinski definition) is 1. The van der Waals surface area contributed by atoms with Gasteiger partial charge in [-0.3, -0.25) is 14.4 Å². The lowest BCUT2D eigenvalue weighted by atomic mass is 9.88. The molecule has 6 heteroatoms. The number of piperidine rings is 1. The van der Waals surface area contributed by atoms with Gasteiger partial charge in [0.2, 0.25) is 11.8 Å². The monoisotopic (exact) mass is 385 g/mol. The van der Waals surface area contributed by atoms with Gasteiger partial charge in [-0.15, -0.1) is 0 Å². The second-order valence-electron chi connectivity index (χ2n) is 7.76. The van der Waals surface area contributed by atoms with Gasteiger partial charge >= 0.3 is 0 Å². The van der Waals surface area contributed by atoms with Crippen molar-refractivity contribution in [1.29, 1.82) is 0 Å². The molecular weight excluding hydrogens is 354 g/mol. The first-order chi connectivity index (χ1) is 13.5. The van der Waals surface area contributed by atoms with E-state index in [1.165, 1.54) is 0 Å². The molecule has 1 aromatic rings. The minimum atomic E-state index is -0.550. The first kappa shape index (κ1) is 20.4. The number of hydrogen-bond acceptors (Lipinski definition) is 3. The Bertz CT molecular complexity index is 690. The van der Waals surface area contributed by atoms with Crippen LogP contribution in [0.15, 0.2) is 30.3 Å². The average Bonchev–Trinajstić information content (AvgIpc) is 3.58. The van der Waals surface area contributed by atoms with Crippen LogP contribution in [0.25, 0.3) is 0 Å². The minimum absolute atomic E-state index is 0.0266. The van der Waals surface area contributed by atoms with E-state index in [4.69, 9.17) is 0 Å². The van der Waals surface area contributed by atoms with Crippen molar-refractivity contribution >= 4 is 17.7 Å². The fourth-order valence-corrected chi connectivity index (χ4v) is 3.97. The van der Waals surface area contributed by atoms with Crippen molar-refractivity contribution in [3.8, 4) is 0 Å². The van der Waals surface area contributed by atoms with E-state index in [2.05, 4.69) is 5.32 Å². The van der Waals surface area contributed by atoms with E-state index in [-0.39, 0.29) is 29.6 Å². The van der Waals surface area contributed by atoms with Crippen LogP contribution in [-0.4, -0.2) is 59.7 Å². The topological polar surface area (TPSA) is 69.7 Å². The maximum Gasteiger partial charge on any atom is 0.251 e. The lowest BCUT2D eigenvalue weighted by molar-refractivity contribution is -0.136. The lowest BCUT2D eigenvalue weighted by Gasteiger charge is -2.37. The summed E-state index contributed by atoms with van der Waals surface area (Å²) >= 11 is 0. The molecule has 1 saturated carbocycles. The molecule has 2 fully saturated rings. The van der Waals surface area contributed by atoms with Gasteiger partial charge in [0.15, 0.2) is 0 Å². The quantitative estimate of drug-likeness (QED) is 0.783. The van der Waals surface area contributed by atoms with Crippen LogP contribution in [0.3, 0.4) is 0 Å². The Balaban J connectivity index is 1.70. The van der Waals surface area contributed by atoms with Crippen LogP contribution < -0.4 is 5.32 Å². The summed E-state index contributed by atoms with van der Waals surface area (Å²) in [4.78, 5) is 41.9. The van der Waals surface area contributed by atoms with Crippen molar-refractivity contribution in [3.05, 3.63) is 35.9 Å². The van der Waals surface area contributed by atoms with E-state index in [1.54, 1.807) is 17.0 Å². The van der Waals surface area contributed by atoms with E-state index >= 15 is 0 Å². The molecular formula is C22H31N3O3. The predicted octanol–water partition coefficient (Wildman–Crippen LogP) is 2.30. The number of nitrogens with zero attached hydrogens (tertiary/aromatic N) is 2. The molecule has 2 aliphatic rings. The van der Waals surface area contributed by atoms with Gasteiger partial charge < -0.3 is 15.1 Å². The largest absolute Gasteiger partial charge is 0.342 e. The number of rotatable bonds is 7. The van der Waals surface area contributed by atoms with Crippen molar-refractivity contribution in [2.75, 3.05) is 26.2 Å². The van der Waals surface area contributed by atoms with Crippen molar-refractivity contribution < 1.29 is 14.4 Å². The normalized spacial score (nSPS) is 18.4. The van der Waals surface area contributed by atoms with Crippen LogP contribution in [0, 0.1) is 11.8 Å². The fraction of sp³-hybridized carbons (Fsp3) is 0.591. The number of nitrogens with one attached hydrogen (secondary N) is 1. The molecule has 0 unspecified atom stereocenters. The molecule has 1 saturated heterocycles. The standard InChI is InChI=1S/C22H31N3O3/c1-3-24(4-2)22(28)19(23-20(26)17-8-6-5-7-9-17)16-12-14-25(15-13-16)21(27)18-10-11-18/h5-9,16,18-19H,3-4,10-15H2,1-2H3,(H,23,26)/t19-/m0/s1. The molecule has 1 aliphatic carbocycles. The zero-order chi connectivity index (χ0) is 20.1. The SMILES string of the molecule is CCN(CC)C(=O)[C@@H](NC(=O)c1ccccc1)C1CCN(C(=O)C2CC2)CC1. The molecule has 6 nitrogen and oxygen atoms in total. The molecule has 28 heavy (non-hydrogen) atoms. The first-order valence-corrected chi connectivity index (χ1v) is 10.5. The highest BCUT2D eigenvalue weighted by atomic mass is 16.2. The van der Waals surface area contributed by atoms with Crippen LogP contribution in [0.4, 0.5) is 0 Å². The van der Waals surface area contributed by atoms with E-state index in [1.807, 2.05) is 36.9 Å². The highest BCUT2D eigenvalue weighted by molar-refractivity contribution is 5.97. The summed E-state index contributed by atoms with van der Waals surface area (Å²) in [5.41, 5.74) is 0.557. The molecule has 1 aromatic carbocycles. The molecule has 0 aromatic heterocycles. The van der Waals surface area contributed by atoms with Gasteiger partial charge in [-0.25, -0.2) is 0 Å². The highest BCUT2D eigenvalue weighted by Crippen LogP contribution is 2.33. The van der Waals surface area contributed by atoms with Gasteiger partial charge in [-0.2, -0.15) is 0 Å². The second kappa shape index (κ2) is 9.22. The number of likely N-dealkylation sites (tertiary alicyclic amines) is 1. The predicted molar refractivity (Wildman–Crippen MR) is 108 cm³/mol. The van der Waals surface area contributed by atoms with Gasteiger partial charge in [0, 0.05) is 37.7 Å². The summed E-state index contributed by atoms with van der Waals surface area (Å²) in [6.45, 7) is 6.48. The Labute approximate surface area is 167 Å². The smallest absolute Gasteiger partial charge is 0.251 e. The summed E-state index contributed by atoms with van der Waals surface area (Å²) in [7, 11) is 0. The summed E-state index contributed by atoms with van der Waals surface area (Å²) in [6.07, 6.45) is 3.50. The Morgan fingerprint density at radius 2 is 1.64 bits per heavy atom. The summed E-state index contributed by atoms with van der Waals surface area (Å²) in [5.74, 6) is 0.286. The Morgan fingerprint density at radius 3 is 2.18 bits per heavy atom. The van der Waals surface area contributed by atoms with Crippen LogP contribution >= 0.6 is 0 Å². The summed E-state index contributed by atoms with van der Waals surface area (Å²) in [6, 6.07) is 8.46. The van der Waals surface area contributed by atoms with Gasteiger partial charge in [-0.1, -0.05) is 18.2 Å². The lowest BCUT2D eigenvalue weighted by Crippen LogP contribution is -2.54. The maximum absolute atomic E-state index is 13.1. The number of benzene rings is 1. The number of carbonyl (C=O) groups is 3. The average molecular weight is 386 g/mol. The summed E-state index contributed by atoms with van der Waals surface area (Å²) in [5, 5.41) is 3.00. The van der Waals surface area contributed by atoms with E-state index in [0.29, 0.717) is 31.7 Å². The van der Waals surface area contributed by atoms with E-state index < -0.39 is 6.04 Å². The third kappa shape index (κ3) is 4.72. The van der Waals surface area contributed by atoms with E-state index in [0.717, 1.165) is 25.7 Å². The van der Waals surface area contributed by atoms with Crippen LogP contribution in [-0.2, 0) is 9.59 Å². The number of likely N-dealkylation sites (N-methyl/N-ethyl adjacent to an activating group) is 1. The molecule has 1 N–H and O–H groups in total. The molecule has 152 valence electrons. The van der Waals surface area contributed by atoms with E-state index in [9.17, 15) is 14.4 Å². The zero-order valence-electron chi connectivity index (χ0n) is 16.9. The molecule has 0 spiro atoms. The third-order valence-corrected chi connectivity index (χ3v) is 5.91. The number of amides is 3. The molecule has 0 radical (unpaired) electrons. The Morgan fingerprint density at radius 1 is 1.04 bits per heavy atom. The molecule has 3 rings (SSSR count). The van der Waals surface area contributed by atoms with Gasteiger partial charge in [-0.05, 0) is 57.6 Å². The van der Waals surface area contributed by atoms with Crippen LogP contribution in [0.5, 0.6) is 0 Å². The Kier molecular flexibility index (Phi) is 6.70. The Hall–Kier alpha value is -2.37. The molecule has 0 bridgehead atoms. The third-order valence-electron chi connectivity index (χ3n) is 5.91. The first-order valence-electron chi connectivity index (χ1n) is 10.5. The molecule has 3 amide bonds. The second-order valence-corrected chi connectivity index (χ2v) is 7.76. The fourth-order valence-electron chi connectivity index (χ4n) is 3.97. The highest BCUT2D eigenvalue weighted by Gasteiger charge is 2.38. The van der Waals surface area contributed by atoms with Crippen LogP contribution in [0.1, 0.15) is 49.9 Å². The van der Waals surface area contributed by atoms with Crippen molar-refractivity contribution in [2.24, 2.45) is 11.8 Å².